The maximum Gasteiger partial charge on any atom is 0.154 e. The van der Waals surface area contributed by atoms with E-state index in [-0.39, 0.29) is 0 Å². The summed E-state index contributed by atoms with van der Waals surface area (Å²) in [5, 5.41) is 8.88. The van der Waals surface area contributed by atoms with Crippen LogP contribution in [0.1, 0.15) is 85.5 Å². The van der Waals surface area contributed by atoms with Crippen LogP contribution in [0.5, 0.6) is 0 Å². The first-order valence-corrected chi connectivity index (χ1v) is 11.7. The highest BCUT2D eigenvalue weighted by atomic mass is 16.2. The maximum atomic E-state index is 7.69. The van der Waals surface area contributed by atoms with E-state index >= 15 is 0 Å². The molecule has 2 aromatic rings. The fourth-order valence-electron chi connectivity index (χ4n) is 3.14. The van der Waals surface area contributed by atoms with E-state index in [0.29, 0.717) is 0 Å². The van der Waals surface area contributed by atoms with E-state index in [1.54, 1.807) is 13.0 Å². The third-order valence-corrected chi connectivity index (χ3v) is 4.54. The molecule has 0 amide bonds. The molecule has 3 rings (SSSR count). The molecule has 168 valence electrons. The lowest BCUT2D eigenvalue weighted by Crippen LogP contribution is -2.25. The van der Waals surface area contributed by atoms with E-state index in [2.05, 4.69) is 30.0 Å². The van der Waals surface area contributed by atoms with Gasteiger partial charge in [0.1, 0.15) is 5.82 Å². The van der Waals surface area contributed by atoms with Gasteiger partial charge in [-0.15, -0.1) is 0 Å². The Balaban J connectivity index is 0.000000924. The second-order valence-electron chi connectivity index (χ2n) is 6.49. The number of hydrogen-bond donors (Lipinski definition) is 1. The Labute approximate surface area is 184 Å². The topological polar surface area (TPSA) is 49.3 Å². The lowest BCUT2D eigenvalue weighted by molar-refractivity contribution is 0.472. The Bertz CT molecular complexity index is 741. The lowest BCUT2D eigenvalue weighted by atomic mass is 10.1. The van der Waals surface area contributed by atoms with Crippen molar-refractivity contribution in [2.24, 2.45) is 0 Å². The number of benzene rings is 1. The molecule has 0 atom stereocenters. The number of hydrogen-bond acceptors (Lipinski definition) is 4. The number of rotatable bonds is 3. The highest BCUT2D eigenvalue weighted by Crippen LogP contribution is 2.27. The van der Waals surface area contributed by atoms with Gasteiger partial charge in [-0.2, -0.15) is 0 Å². The van der Waals surface area contributed by atoms with Gasteiger partial charge in [-0.1, -0.05) is 65.7 Å². The molecule has 2 heterocycles. The monoisotopic (exact) mass is 413 g/mol. The van der Waals surface area contributed by atoms with E-state index in [1.165, 1.54) is 36.6 Å². The number of fused-ring (bicyclic) bond motifs is 1. The van der Waals surface area contributed by atoms with Crippen LogP contribution in [0.25, 0.3) is 17.0 Å². The van der Waals surface area contributed by atoms with Gasteiger partial charge in [-0.25, -0.2) is 9.97 Å². The van der Waals surface area contributed by atoms with Crippen LogP contribution < -0.4 is 4.90 Å². The van der Waals surface area contributed by atoms with Crippen molar-refractivity contribution in [2.45, 2.75) is 80.6 Å². The third-order valence-electron chi connectivity index (χ3n) is 4.54. The quantitative estimate of drug-likeness (QED) is 0.523. The average molecular weight is 414 g/mol. The fraction of sp³-hybridized carbons (Fsp3) is 0.538. The summed E-state index contributed by atoms with van der Waals surface area (Å²) in [5.74, 6) is 1.94. The van der Waals surface area contributed by atoms with Crippen LogP contribution in [0.2, 0.25) is 0 Å². The van der Waals surface area contributed by atoms with Crippen molar-refractivity contribution in [3.8, 4) is 0 Å². The first-order chi connectivity index (χ1) is 14.7. The molecule has 1 saturated heterocycles. The molecule has 30 heavy (non-hydrogen) atoms. The smallest absolute Gasteiger partial charge is 0.154 e. The molecule has 0 radical (unpaired) electrons. The van der Waals surface area contributed by atoms with Gasteiger partial charge in [0.05, 0.1) is 11.8 Å². The number of aliphatic hydroxyl groups excluding tert-OH is 1. The molecule has 0 spiro atoms. The van der Waals surface area contributed by atoms with Gasteiger partial charge >= 0.3 is 0 Å². The zero-order chi connectivity index (χ0) is 22.8. The summed E-state index contributed by atoms with van der Waals surface area (Å²) < 4.78 is 0. The summed E-state index contributed by atoms with van der Waals surface area (Å²) in [6, 6.07) is 6.63. The van der Waals surface area contributed by atoms with E-state index < -0.39 is 0 Å². The van der Waals surface area contributed by atoms with Crippen LogP contribution in [0, 0.1) is 0 Å². The van der Waals surface area contributed by atoms with Crippen LogP contribution in [-0.2, 0) is 6.42 Å². The van der Waals surface area contributed by atoms with Gasteiger partial charge in [-0.3, -0.25) is 0 Å². The minimum Gasteiger partial charge on any atom is -0.516 e. The first kappa shape index (κ1) is 27.6. The lowest BCUT2D eigenvalue weighted by Gasteiger charge is -2.23. The number of anilines is 1. The normalized spacial score (nSPS) is 13.6. The molecule has 4 heteroatoms. The van der Waals surface area contributed by atoms with Crippen molar-refractivity contribution in [1.82, 2.24) is 9.97 Å². The van der Waals surface area contributed by atoms with Crippen molar-refractivity contribution in [1.29, 1.82) is 0 Å². The van der Waals surface area contributed by atoms with E-state index in [4.69, 9.17) is 15.1 Å². The zero-order valence-electron chi connectivity index (χ0n) is 20.3. The van der Waals surface area contributed by atoms with Crippen LogP contribution in [0.3, 0.4) is 0 Å². The molecular weight excluding hydrogens is 370 g/mol. The van der Waals surface area contributed by atoms with Crippen molar-refractivity contribution in [2.75, 3.05) is 18.0 Å². The SMILES string of the molecule is C/C=C/O.C/C=C/c1nc(N2CCCCCC2)c2ccc(CC)cc2n1.CC.CC. The summed E-state index contributed by atoms with van der Waals surface area (Å²) >= 11 is 0. The van der Waals surface area contributed by atoms with Crippen molar-refractivity contribution in [3.63, 3.8) is 0 Å². The third kappa shape index (κ3) is 8.98. The van der Waals surface area contributed by atoms with Crippen molar-refractivity contribution < 1.29 is 5.11 Å². The average Bonchev–Trinajstić information content (AvgIpc) is 3.10. The number of aliphatic hydroxyl groups is 1. The molecule has 1 N–H and O–H groups in total. The molecule has 4 nitrogen and oxygen atoms in total. The predicted octanol–water partition coefficient (Wildman–Crippen LogP) is 7.74. The number of nitrogens with zero attached hydrogens (tertiary/aromatic N) is 3. The predicted molar refractivity (Wildman–Crippen MR) is 134 cm³/mol. The fourth-order valence-corrected chi connectivity index (χ4v) is 3.14. The largest absolute Gasteiger partial charge is 0.516 e. The Morgan fingerprint density at radius 3 is 2.03 bits per heavy atom. The Hall–Kier alpha value is -2.36. The summed E-state index contributed by atoms with van der Waals surface area (Å²) in [5.41, 5.74) is 2.40. The van der Waals surface area contributed by atoms with Crippen molar-refractivity contribution in [3.05, 3.63) is 48.0 Å². The van der Waals surface area contributed by atoms with Crippen LogP contribution in [0.15, 0.2) is 36.6 Å². The molecule has 1 aromatic carbocycles. The van der Waals surface area contributed by atoms with E-state index in [1.807, 2.05) is 46.8 Å². The molecule has 1 aliphatic heterocycles. The highest BCUT2D eigenvalue weighted by Gasteiger charge is 2.16. The zero-order valence-corrected chi connectivity index (χ0v) is 20.3. The minimum absolute atomic E-state index is 0.822. The molecule has 0 bridgehead atoms. The van der Waals surface area contributed by atoms with Gasteiger partial charge in [0.2, 0.25) is 0 Å². The molecule has 1 aliphatic rings. The summed E-state index contributed by atoms with van der Waals surface area (Å²) in [7, 11) is 0. The molecule has 1 aromatic heterocycles. The number of aryl methyl sites for hydroxylation is 1. The van der Waals surface area contributed by atoms with Crippen LogP contribution in [0.4, 0.5) is 5.82 Å². The second kappa shape index (κ2) is 17.5. The van der Waals surface area contributed by atoms with Gasteiger partial charge in [0.15, 0.2) is 5.82 Å². The van der Waals surface area contributed by atoms with Gasteiger partial charge < -0.3 is 10.0 Å². The van der Waals surface area contributed by atoms with Crippen LogP contribution >= 0.6 is 0 Å². The Morgan fingerprint density at radius 1 is 0.933 bits per heavy atom. The van der Waals surface area contributed by atoms with Gasteiger partial charge in [0.25, 0.3) is 0 Å². The Morgan fingerprint density at radius 2 is 1.53 bits per heavy atom. The molecule has 0 unspecified atom stereocenters. The maximum absolute atomic E-state index is 7.69. The van der Waals surface area contributed by atoms with Crippen LogP contribution in [-0.4, -0.2) is 28.2 Å². The number of allylic oxidation sites excluding steroid dienone is 2. The van der Waals surface area contributed by atoms with Gasteiger partial charge in [-0.05, 0) is 56.9 Å². The highest BCUT2D eigenvalue weighted by molar-refractivity contribution is 5.90. The van der Waals surface area contributed by atoms with Crippen molar-refractivity contribution >= 4 is 22.8 Å². The Kier molecular flexibility index (Phi) is 16.1. The molecule has 0 saturated carbocycles. The molecular formula is C26H43N3O. The molecule has 1 fully saturated rings. The minimum atomic E-state index is 0.822. The second-order valence-corrected chi connectivity index (χ2v) is 6.49. The summed E-state index contributed by atoms with van der Waals surface area (Å²) in [6.45, 7) is 16.2. The summed E-state index contributed by atoms with van der Waals surface area (Å²) in [4.78, 5) is 12.0. The van der Waals surface area contributed by atoms with E-state index in [9.17, 15) is 0 Å². The summed E-state index contributed by atoms with van der Waals surface area (Å²) in [6.07, 6.45) is 12.8. The van der Waals surface area contributed by atoms with E-state index in [0.717, 1.165) is 42.9 Å². The molecule has 0 aliphatic carbocycles. The van der Waals surface area contributed by atoms with Gasteiger partial charge in [0, 0.05) is 18.5 Å². The standard InChI is InChI=1S/C19H25N3.C3H6O.2C2H6/c1-3-9-18-20-17-14-15(4-2)10-11-16(17)19(21-18)22-12-7-5-6-8-13-22;1-2-3-4;2*1-2/h3,9-11,14H,4-8,12-13H2,1-2H3;2-4H,1H3;2*1-2H3/b9-3+;3-2+;;. The first-order valence-electron chi connectivity index (χ1n) is 11.7. The number of aromatic nitrogens is 2.